The van der Waals surface area contributed by atoms with E-state index in [4.69, 9.17) is 8.92 Å². The van der Waals surface area contributed by atoms with Crippen LogP contribution in [0.3, 0.4) is 0 Å². The monoisotopic (exact) mass is 592 g/mol. The molecular formula is C28H27F3N2O7S. The number of carbonyl (C=O) groups excluding carboxylic acids is 1. The van der Waals surface area contributed by atoms with Crippen molar-refractivity contribution in [2.75, 3.05) is 13.7 Å². The highest BCUT2D eigenvalue weighted by molar-refractivity contribution is 7.87. The highest BCUT2D eigenvalue weighted by Crippen LogP contribution is 2.34. The summed E-state index contributed by atoms with van der Waals surface area (Å²) >= 11 is 0. The first-order valence-electron chi connectivity index (χ1n) is 12.2. The van der Waals surface area contributed by atoms with E-state index in [0.717, 1.165) is 18.2 Å². The molecule has 0 atom stereocenters. The molecule has 1 amide bonds. The smallest absolute Gasteiger partial charge is 0.416 e. The fraction of sp³-hybridized carbons (Fsp3) is 0.250. The number of rotatable bonds is 11. The molecule has 0 aliphatic heterocycles. The SMILES string of the molecule is COc1ccc(CN(CC(C)C)C(=O)/C=C/c2ccc([N+](=O)[O-])cc2)cc1OS(=O)(=O)c1cccc(C(F)(F)F)c1. The highest BCUT2D eigenvalue weighted by Gasteiger charge is 2.32. The van der Waals surface area contributed by atoms with Gasteiger partial charge >= 0.3 is 16.3 Å². The molecule has 41 heavy (non-hydrogen) atoms. The number of methoxy groups -OCH3 is 1. The fourth-order valence-corrected chi connectivity index (χ4v) is 4.73. The molecule has 0 aromatic heterocycles. The van der Waals surface area contributed by atoms with Gasteiger partial charge in [-0.25, -0.2) is 0 Å². The van der Waals surface area contributed by atoms with Gasteiger partial charge in [-0.15, -0.1) is 0 Å². The number of nitrogens with zero attached hydrogens (tertiary/aromatic N) is 2. The van der Waals surface area contributed by atoms with Crippen LogP contribution in [-0.4, -0.2) is 37.8 Å². The van der Waals surface area contributed by atoms with Gasteiger partial charge in [-0.2, -0.15) is 21.6 Å². The lowest BCUT2D eigenvalue weighted by atomic mass is 10.1. The van der Waals surface area contributed by atoms with Crippen LogP contribution in [-0.2, 0) is 27.6 Å². The molecule has 3 rings (SSSR count). The molecule has 0 bridgehead atoms. The molecule has 0 saturated heterocycles. The zero-order valence-corrected chi connectivity index (χ0v) is 23.1. The highest BCUT2D eigenvalue weighted by atomic mass is 32.2. The third-order valence-electron chi connectivity index (χ3n) is 5.67. The lowest BCUT2D eigenvalue weighted by Gasteiger charge is -2.24. The van der Waals surface area contributed by atoms with Crippen molar-refractivity contribution >= 4 is 27.8 Å². The number of nitro benzene ring substituents is 1. The molecule has 0 unspecified atom stereocenters. The average Bonchev–Trinajstić information content (AvgIpc) is 2.91. The van der Waals surface area contributed by atoms with Crippen molar-refractivity contribution in [1.29, 1.82) is 0 Å². The van der Waals surface area contributed by atoms with E-state index in [1.165, 1.54) is 60.6 Å². The topological polar surface area (TPSA) is 116 Å². The van der Waals surface area contributed by atoms with Gasteiger partial charge in [0.15, 0.2) is 11.5 Å². The van der Waals surface area contributed by atoms with E-state index in [2.05, 4.69) is 0 Å². The van der Waals surface area contributed by atoms with Crippen LogP contribution in [0, 0.1) is 16.0 Å². The summed E-state index contributed by atoms with van der Waals surface area (Å²) in [6.07, 6.45) is -1.91. The fourth-order valence-electron chi connectivity index (χ4n) is 3.75. The second-order valence-corrected chi connectivity index (χ2v) is 10.9. The van der Waals surface area contributed by atoms with Crippen LogP contribution in [0.1, 0.15) is 30.5 Å². The number of hydrogen-bond acceptors (Lipinski definition) is 7. The summed E-state index contributed by atoms with van der Waals surface area (Å²) in [5.74, 6) is -0.543. The minimum Gasteiger partial charge on any atom is -0.493 e. The van der Waals surface area contributed by atoms with Gasteiger partial charge < -0.3 is 13.8 Å². The molecule has 0 radical (unpaired) electrons. The Balaban J connectivity index is 1.85. The van der Waals surface area contributed by atoms with Crippen molar-refractivity contribution in [3.63, 3.8) is 0 Å². The predicted molar refractivity (Wildman–Crippen MR) is 145 cm³/mol. The Kier molecular flexibility index (Phi) is 9.76. The lowest BCUT2D eigenvalue weighted by molar-refractivity contribution is -0.384. The number of ether oxygens (including phenoxy) is 1. The van der Waals surface area contributed by atoms with Gasteiger partial charge in [0.05, 0.1) is 17.6 Å². The summed E-state index contributed by atoms with van der Waals surface area (Å²) in [4.78, 5) is 24.2. The summed E-state index contributed by atoms with van der Waals surface area (Å²) in [5.41, 5.74) is -0.179. The Morgan fingerprint density at radius 3 is 2.32 bits per heavy atom. The number of amides is 1. The zero-order valence-electron chi connectivity index (χ0n) is 22.3. The molecule has 3 aromatic carbocycles. The third-order valence-corrected chi connectivity index (χ3v) is 6.90. The first kappa shape index (κ1) is 31.1. The van der Waals surface area contributed by atoms with Gasteiger partial charge in [-0.3, -0.25) is 14.9 Å². The second-order valence-electron chi connectivity index (χ2n) is 9.34. The molecule has 218 valence electrons. The minimum atomic E-state index is -4.75. The summed E-state index contributed by atoms with van der Waals surface area (Å²) in [7, 11) is -3.40. The molecule has 0 heterocycles. The van der Waals surface area contributed by atoms with E-state index in [1.54, 1.807) is 6.07 Å². The van der Waals surface area contributed by atoms with Crippen LogP contribution in [0.2, 0.25) is 0 Å². The van der Waals surface area contributed by atoms with Gasteiger partial charge in [0.2, 0.25) is 5.91 Å². The van der Waals surface area contributed by atoms with Crippen LogP contribution in [0.25, 0.3) is 6.08 Å². The summed E-state index contributed by atoms with van der Waals surface area (Å²) < 4.78 is 75.4. The van der Waals surface area contributed by atoms with Crippen LogP contribution in [0.15, 0.2) is 77.7 Å². The summed E-state index contributed by atoms with van der Waals surface area (Å²) in [6.45, 7) is 4.20. The Hall–Kier alpha value is -4.39. The van der Waals surface area contributed by atoms with E-state index in [0.29, 0.717) is 23.7 Å². The summed E-state index contributed by atoms with van der Waals surface area (Å²) in [5, 5.41) is 10.8. The van der Waals surface area contributed by atoms with Crippen molar-refractivity contribution in [2.24, 2.45) is 5.92 Å². The molecular weight excluding hydrogens is 565 g/mol. The van der Waals surface area contributed by atoms with Gasteiger partial charge in [0, 0.05) is 31.3 Å². The van der Waals surface area contributed by atoms with E-state index in [1.807, 2.05) is 13.8 Å². The van der Waals surface area contributed by atoms with Crippen molar-refractivity contribution in [3.8, 4) is 11.5 Å². The molecule has 9 nitrogen and oxygen atoms in total. The van der Waals surface area contributed by atoms with Gasteiger partial charge in [0.25, 0.3) is 5.69 Å². The normalized spacial score (nSPS) is 12.0. The molecule has 0 fully saturated rings. The van der Waals surface area contributed by atoms with Crippen molar-refractivity contribution < 1.29 is 40.2 Å². The molecule has 0 aliphatic carbocycles. The Bertz CT molecular complexity index is 1540. The first-order valence-corrected chi connectivity index (χ1v) is 13.6. The van der Waals surface area contributed by atoms with Crippen molar-refractivity contribution in [1.82, 2.24) is 4.90 Å². The predicted octanol–water partition coefficient (Wildman–Crippen LogP) is 6.09. The number of nitro groups is 1. The van der Waals surface area contributed by atoms with Gasteiger partial charge in [-0.05, 0) is 65.6 Å². The maximum Gasteiger partial charge on any atom is 0.416 e. The molecule has 0 saturated carbocycles. The maximum absolute atomic E-state index is 13.1. The maximum atomic E-state index is 13.1. The van der Waals surface area contributed by atoms with Gasteiger partial charge in [0.1, 0.15) is 4.90 Å². The molecule has 13 heteroatoms. The van der Waals surface area contributed by atoms with E-state index in [-0.39, 0.29) is 35.6 Å². The molecule has 3 aromatic rings. The van der Waals surface area contributed by atoms with Crippen LogP contribution in [0.4, 0.5) is 18.9 Å². The van der Waals surface area contributed by atoms with E-state index in [9.17, 15) is 36.5 Å². The standard InChI is InChI=1S/C28H27F3N2O7S/c1-19(2)17-32(27(34)14-10-20-7-11-23(12-8-20)33(35)36)18-21-9-13-25(39-3)26(15-21)40-41(37,38)24-6-4-5-22(16-24)28(29,30)31/h4-16,19H,17-18H2,1-3H3/b14-10+. The Morgan fingerprint density at radius 2 is 1.73 bits per heavy atom. The first-order chi connectivity index (χ1) is 19.2. The minimum absolute atomic E-state index is 0.0177. The Morgan fingerprint density at radius 1 is 1.05 bits per heavy atom. The zero-order chi connectivity index (χ0) is 30.4. The number of hydrogen-bond donors (Lipinski definition) is 0. The molecule has 0 aliphatic rings. The van der Waals surface area contributed by atoms with Crippen molar-refractivity contribution in [3.05, 3.63) is 99.6 Å². The second kappa shape index (κ2) is 12.9. The molecule has 0 N–H and O–H groups in total. The third kappa shape index (κ3) is 8.55. The number of halogens is 3. The van der Waals surface area contributed by atoms with Crippen molar-refractivity contribution in [2.45, 2.75) is 31.5 Å². The Labute approximate surface area is 235 Å². The quantitative estimate of drug-likeness (QED) is 0.115. The largest absolute Gasteiger partial charge is 0.493 e. The van der Waals surface area contributed by atoms with Crippen LogP contribution in [0.5, 0.6) is 11.5 Å². The molecule has 0 spiro atoms. The van der Waals surface area contributed by atoms with Gasteiger partial charge in [-0.1, -0.05) is 26.0 Å². The van der Waals surface area contributed by atoms with E-state index < -0.39 is 31.7 Å². The van der Waals surface area contributed by atoms with Crippen LogP contribution < -0.4 is 8.92 Å². The summed E-state index contributed by atoms with van der Waals surface area (Å²) in [6, 6.07) is 13.2. The lowest BCUT2D eigenvalue weighted by Crippen LogP contribution is -2.32. The average molecular weight is 593 g/mol. The number of non-ortho nitro benzene ring substituents is 1. The number of alkyl halides is 3. The number of benzene rings is 3. The van der Waals surface area contributed by atoms with Crippen LogP contribution >= 0.6 is 0 Å². The number of carbonyl (C=O) groups is 1. The van der Waals surface area contributed by atoms with E-state index >= 15 is 0 Å².